The Morgan fingerprint density at radius 3 is 2.02 bits per heavy atom. The van der Waals surface area contributed by atoms with Gasteiger partial charge in [0.25, 0.3) is 11.8 Å². The molecule has 1 aliphatic carbocycles. The van der Waals surface area contributed by atoms with Gasteiger partial charge in [-0.15, -0.1) is 0 Å². The van der Waals surface area contributed by atoms with Crippen LogP contribution in [0.4, 0.5) is 5.69 Å². The average Bonchev–Trinajstić information content (AvgIpc) is 2.96. The van der Waals surface area contributed by atoms with Crippen LogP contribution in [0.15, 0.2) is 72.8 Å². The molecular formula is C34H40N2O4. The lowest BCUT2D eigenvalue weighted by atomic mass is 9.84. The van der Waals surface area contributed by atoms with E-state index in [1.165, 1.54) is 43.2 Å². The van der Waals surface area contributed by atoms with Crippen molar-refractivity contribution in [1.29, 1.82) is 0 Å². The third kappa shape index (κ3) is 8.04. The lowest BCUT2D eigenvalue weighted by Gasteiger charge is -2.26. The minimum atomic E-state index is -0.957. The van der Waals surface area contributed by atoms with E-state index in [2.05, 4.69) is 43.4 Å². The Kier molecular flexibility index (Phi) is 10.1. The average molecular weight is 541 g/mol. The molecule has 3 aromatic carbocycles. The van der Waals surface area contributed by atoms with Crippen molar-refractivity contribution >= 4 is 23.5 Å². The van der Waals surface area contributed by atoms with E-state index in [9.17, 15) is 14.4 Å². The molecule has 1 aliphatic rings. The molecule has 0 radical (unpaired) electrons. The summed E-state index contributed by atoms with van der Waals surface area (Å²) in [6.45, 7) is 4.80. The first-order valence-electron chi connectivity index (χ1n) is 14.4. The third-order valence-electron chi connectivity index (χ3n) is 7.55. The van der Waals surface area contributed by atoms with Crippen LogP contribution in [0.5, 0.6) is 0 Å². The lowest BCUT2D eigenvalue weighted by Crippen LogP contribution is -2.30. The van der Waals surface area contributed by atoms with Crippen molar-refractivity contribution in [2.45, 2.75) is 71.3 Å². The zero-order valence-corrected chi connectivity index (χ0v) is 23.6. The van der Waals surface area contributed by atoms with Gasteiger partial charge in [-0.2, -0.15) is 0 Å². The first-order chi connectivity index (χ1) is 19.3. The van der Waals surface area contributed by atoms with E-state index in [1.54, 1.807) is 17.0 Å². The first kappa shape index (κ1) is 29.1. The Morgan fingerprint density at radius 1 is 0.825 bits per heavy atom. The van der Waals surface area contributed by atoms with Gasteiger partial charge in [-0.05, 0) is 84.2 Å². The van der Waals surface area contributed by atoms with Gasteiger partial charge in [-0.25, -0.2) is 0 Å². The van der Waals surface area contributed by atoms with E-state index in [0.717, 1.165) is 17.7 Å². The summed E-state index contributed by atoms with van der Waals surface area (Å²) < 4.78 is 0. The highest BCUT2D eigenvalue weighted by atomic mass is 16.4. The molecule has 0 heterocycles. The van der Waals surface area contributed by atoms with Gasteiger partial charge in [0.1, 0.15) is 0 Å². The van der Waals surface area contributed by atoms with Crippen molar-refractivity contribution in [3.8, 4) is 0 Å². The van der Waals surface area contributed by atoms with Crippen LogP contribution in [0.1, 0.15) is 95.7 Å². The normalized spacial score (nSPS) is 13.7. The van der Waals surface area contributed by atoms with Crippen LogP contribution < -0.4 is 10.2 Å². The molecule has 0 bridgehead atoms. The maximum Gasteiger partial charge on any atom is 0.305 e. The van der Waals surface area contributed by atoms with Crippen LogP contribution in [-0.2, 0) is 17.8 Å². The molecule has 0 aliphatic heterocycles. The number of carbonyl (C=O) groups is 3. The zero-order chi connectivity index (χ0) is 28.5. The summed E-state index contributed by atoms with van der Waals surface area (Å²) in [7, 11) is 0. The second-order valence-corrected chi connectivity index (χ2v) is 11.2. The van der Waals surface area contributed by atoms with Crippen LogP contribution in [-0.4, -0.2) is 29.4 Å². The highest BCUT2D eigenvalue weighted by Crippen LogP contribution is 2.34. The molecule has 0 saturated heterocycles. The molecule has 4 rings (SSSR count). The standard InChI is InChI=1S/C34H40N2O4/c1-24(2)22-25-8-14-30(15-9-25)34(40)36(31-18-16-28(17-19-31)27-6-4-3-5-7-27)23-26-10-12-29(13-11-26)33(39)35-21-20-32(37)38/h8-19,24,27H,3-7,20-23H2,1-2H3,(H,35,39)(H,37,38). The van der Waals surface area contributed by atoms with E-state index >= 15 is 0 Å². The Balaban J connectivity index is 1.54. The summed E-state index contributed by atoms with van der Waals surface area (Å²) in [5.41, 5.74) is 5.37. The Bertz CT molecular complexity index is 1280. The first-order valence-corrected chi connectivity index (χ1v) is 14.4. The molecule has 0 atom stereocenters. The molecule has 3 aromatic rings. The van der Waals surface area contributed by atoms with E-state index in [4.69, 9.17) is 5.11 Å². The van der Waals surface area contributed by atoms with E-state index in [-0.39, 0.29) is 24.8 Å². The Hall–Kier alpha value is -3.93. The number of carboxylic acid groups (broad SMARTS) is 1. The van der Waals surface area contributed by atoms with Crippen molar-refractivity contribution in [3.05, 3.63) is 101 Å². The molecule has 2 amide bonds. The number of hydrogen-bond donors (Lipinski definition) is 2. The van der Waals surface area contributed by atoms with E-state index in [0.29, 0.717) is 29.5 Å². The maximum atomic E-state index is 13.8. The fourth-order valence-electron chi connectivity index (χ4n) is 5.38. The van der Waals surface area contributed by atoms with Crippen LogP contribution in [0.3, 0.4) is 0 Å². The van der Waals surface area contributed by atoms with E-state index in [1.807, 2.05) is 36.4 Å². The molecule has 0 spiro atoms. The molecule has 2 N–H and O–H groups in total. The number of amides is 2. The summed E-state index contributed by atoms with van der Waals surface area (Å²) in [6.07, 6.45) is 7.16. The van der Waals surface area contributed by atoms with Crippen molar-refractivity contribution in [3.63, 3.8) is 0 Å². The smallest absolute Gasteiger partial charge is 0.305 e. The third-order valence-corrected chi connectivity index (χ3v) is 7.55. The maximum absolute atomic E-state index is 13.8. The fourth-order valence-corrected chi connectivity index (χ4v) is 5.38. The molecular weight excluding hydrogens is 500 g/mol. The highest BCUT2D eigenvalue weighted by molar-refractivity contribution is 6.06. The fraction of sp³-hybridized carbons (Fsp3) is 0.382. The number of carboxylic acids is 1. The second-order valence-electron chi connectivity index (χ2n) is 11.2. The van der Waals surface area contributed by atoms with Crippen molar-refractivity contribution < 1.29 is 19.5 Å². The van der Waals surface area contributed by atoms with Crippen LogP contribution >= 0.6 is 0 Å². The topological polar surface area (TPSA) is 86.7 Å². The summed E-state index contributed by atoms with van der Waals surface area (Å²) in [5.74, 6) is -0.211. The van der Waals surface area contributed by atoms with Gasteiger partial charge in [0.15, 0.2) is 0 Å². The van der Waals surface area contributed by atoms with Crippen molar-refractivity contribution in [2.24, 2.45) is 5.92 Å². The Morgan fingerprint density at radius 2 is 1.43 bits per heavy atom. The molecule has 1 fully saturated rings. The van der Waals surface area contributed by atoms with Crippen LogP contribution in [0.2, 0.25) is 0 Å². The monoisotopic (exact) mass is 540 g/mol. The van der Waals surface area contributed by atoms with Gasteiger partial charge in [0, 0.05) is 23.4 Å². The van der Waals surface area contributed by atoms with Gasteiger partial charge >= 0.3 is 5.97 Å². The summed E-state index contributed by atoms with van der Waals surface area (Å²) in [6, 6.07) is 23.4. The number of carbonyl (C=O) groups excluding carboxylic acids is 2. The molecule has 6 nitrogen and oxygen atoms in total. The minimum Gasteiger partial charge on any atom is -0.481 e. The number of nitrogens with one attached hydrogen (secondary N) is 1. The molecule has 0 unspecified atom stereocenters. The zero-order valence-electron chi connectivity index (χ0n) is 23.6. The molecule has 6 heteroatoms. The molecule has 40 heavy (non-hydrogen) atoms. The van der Waals surface area contributed by atoms with Crippen molar-refractivity contribution in [2.75, 3.05) is 11.4 Å². The van der Waals surface area contributed by atoms with Gasteiger partial charge in [0.05, 0.1) is 13.0 Å². The number of nitrogens with zero attached hydrogens (tertiary/aromatic N) is 1. The molecule has 0 aromatic heterocycles. The predicted octanol–water partition coefficient (Wildman–Crippen LogP) is 6.98. The van der Waals surface area contributed by atoms with Gasteiger partial charge in [-0.1, -0.05) is 69.5 Å². The molecule has 1 saturated carbocycles. The van der Waals surface area contributed by atoms with Gasteiger partial charge in [-0.3, -0.25) is 14.4 Å². The second kappa shape index (κ2) is 13.9. The SMILES string of the molecule is CC(C)Cc1ccc(C(=O)N(Cc2ccc(C(=O)NCCC(=O)O)cc2)c2ccc(C3CCCCC3)cc2)cc1. The van der Waals surface area contributed by atoms with Crippen LogP contribution in [0, 0.1) is 5.92 Å². The summed E-state index contributed by atoms with van der Waals surface area (Å²) >= 11 is 0. The Labute approximate surface area is 237 Å². The molecule has 210 valence electrons. The summed E-state index contributed by atoms with van der Waals surface area (Å²) in [5, 5.41) is 11.4. The number of benzene rings is 3. The summed E-state index contributed by atoms with van der Waals surface area (Å²) in [4.78, 5) is 38.7. The van der Waals surface area contributed by atoms with Crippen molar-refractivity contribution in [1.82, 2.24) is 5.32 Å². The largest absolute Gasteiger partial charge is 0.481 e. The van der Waals surface area contributed by atoms with Gasteiger partial charge in [0.2, 0.25) is 0 Å². The predicted molar refractivity (Wildman–Crippen MR) is 159 cm³/mol. The number of rotatable bonds is 11. The number of hydrogen-bond acceptors (Lipinski definition) is 3. The number of aliphatic carboxylic acids is 1. The van der Waals surface area contributed by atoms with E-state index < -0.39 is 5.97 Å². The highest BCUT2D eigenvalue weighted by Gasteiger charge is 2.21. The number of anilines is 1. The minimum absolute atomic E-state index is 0.0722. The van der Waals surface area contributed by atoms with Gasteiger partial charge < -0.3 is 15.3 Å². The quantitative estimate of drug-likeness (QED) is 0.275. The van der Waals surface area contributed by atoms with Crippen LogP contribution in [0.25, 0.3) is 0 Å². The lowest BCUT2D eigenvalue weighted by molar-refractivity contribution is -0.136.